The molecule has 0 aliphatic heterocycles. The molecule has 0 bridgehead atoms. The first-order valence-corrected chi connectivity index (χ1v) is 7.77. The van der Waals surface area contributed by atoms with Gasteiger partial charge in [-0.25, -0.2) is 4.98 Å². The van der Waals surface area contributed by atoms with E-state index in [-0.39, 0.29) is 12.6 Å². The van der Waals surface area contributed by atoms with Crippen LogP contribution in [0.15, 0.2) is 66.9 Å². The number of hydrogen-bond acceptors (Lipinski definition) is 3. The van der Waals surface area contributed by atoms with E-state index in [2.05, 4.69) is 9.88 Å². The minimum Gasteiger partial charge on any atom is -0.394 e. The summed E-state index contributed by atoms with van der Waals surface area (Å²) < 4.78 is 2.07. The molecular weight excluding hydrogens is 286 g/mol. The van der Waals surface area contributed by atoms with Crippen LogP contribution in [-0.2, 0) is 6.54 Å². The van der Waals surface area contributed by atoms with Gasteiger partial charge in [0.25, 0.3) is 0 Å². The Kier molecular flexibility index (Phi) is 4.86. The highest BCUT2D eigenvalue weighted by Gasteiger charge is 2.18. The molecule has 0 fully saturated rings. The zero-order valence-electron chi connectivity index (χ0n) is 13.2. The largest absolute Gasteiger partial charge is 0.394 e. The van der Waals surface area contributed by atoms with Gasteiger partial charge >= 0.3 is 0 Å². The monoisotopic (exact) mass is 307 g/mol. The Balaban J connectivity index is 2.09. The van der Waals surface area contributed by atoms with E-state index in [0.29, 0.717) is 6.54 Å². The SMILES string of the molecule is CNCc1cn(C(CO)c2ccccc2)c(-c2ccccc2)n1. The van der Waals surface area contributed by atoms with Crippen molar-refractivity contribution in [3.63, 3.8) is 0 Å². The van der Waals surface area contributed by atoms with Gasteiger partial charge in [-0.3, -0.25) is 0 Å². The van der Waals surface area contributed by atoms with Gasteiger partial charge in [-0.15, -0.1) is 0 Å². The minimum atomic E-state index is -0.149. The van der Waals surface area contributed by atoms with E-state index in [1.807, 2.05) is 73.9 Å². The summed E-state index contributed by atoms with van der Waals surface area (Å²) in [5, 5.41) is 13.1. The summed E-state index contributed by atoms with van der Waals surface area (Å²) in [5.74, 6) is 0.874. The summed E-state index contributed by atoms with van der Waals surface area (Å²) in [6, 6.07) is 20.0. The molecule has 3 rings (SSSR count). The second kappa shape index (κ2) is 7.22. The first kappa shape index (κ1) is 15.5. The number of aliphatic hydroxyl groups is 1. The summed E-state index contributed by atoms with van der Waals surface area (Å²) in [7, 11) is 1.90. The summed E-state index contributed by atoms with van der Waals surface area (Å²) in [6.45, 7) is 0.721. The number of rotatable bonds is 6. The molecule has 4 heteroatoms. The van der Waals surface area contributed by atoms with E-state index in [4.69, 9.17) is 4.98 Å². The molecule has 1 heterocycles. The van der Waals surface area contributed by atoms with E-state index in [0.717, 1.165) is 22.6 Å². The highest BCUT2D eigenvalue weighted by molar-refractivity contribution is 5.56. The molecule has 0 aliphatic carbocycles. The van der Waals surface area contributed by atoms with Gasteiger partial charge < -0.3 is 15.0 Å². The van der Waals surface area contributed by atoms with Crippen LogP contribution in [0, 0.1) is 0 Å². The molecule has 0 saturated carbocycles. The fourth-order valence-corrected chi connectivity index (χ4v) is 2.78. The Morgan fingerprint density at radius 2 is 1.70 bits per heavy atom. The summed E-state index contributed by atoms with van der Waals surface area (Å²) in [5.41, 5.74) is 3.07. The Hall–Kier alpha value is -2.43. The number of aromatic nitrogens is 2. The Labute approximate surface area is 136 Å². The summed E-state index contributed by atoms with van der Waals surface area (Å²) in [6.07, 6.45) is 2.02. The molecule has 0 radical (unpaired) electrons. The van der Waals surface area contributed by atoms with Crippen molar-refractivity contribution >= 4 is 0 Å². The topological polar surface area (TPSA) is 50.1 Å². The maximum atomic E-state index is 9.98. The zero-order chi connectivity index (χ0) is 16.1. The van der Waals surface area contributed by atoms with E-state index in [1.54, 1.807) is 0 Å². The second-order valence-electron chi connectivity index (χ2n) is 5.47. The summed E-state index contributed by atoms with van der Waals surface area (Å²) >= 11 is 0. The quantitative estimate of drug-likeness (QED) is 0.736. The first-order chi connectivity index (χ1) is 11.3. The molecule has 23 heavy (non-hydrogen) atoms. The van der Waals surface area contributed by atoms with Crippen LogP contribution < -0.4 is 5.32 Å². The maximum absolute atomic E-state index is 9.98. The molecule has 0 aliphatic rings. The Bertz CT molecular complexity index is 738. The average Bonchev–Trinajstić information content (AvgIpc) is 3.01. The van der Waals surface area contributed by atoms with Crippen LogP contribution in [0.3, 0.4) is 0 Å². The predicted molar refractivity (Wildman–Crippen MR) is 92.1 cm³/mol. The number of aliphatic hydroxyl groups excluding tert-OH is 1. The molecule has 2 N–H and O–H groups in total. The third-order valence-corrected chi connectivity index (χ3v) is 3.87. The van der Waals surface area contributed by atoms with E-state index in [1.165, 1.54) is 0 Å². The average molecular weight is 307 g/mol. The third-order valence-electron chi connectivity index (χ3n) is 3.87. The van der Waals surface area contributed by atoms with Gasteiger partial charge in [0.2, 0.25) is 0 Å². The molecular formula is C19H21N3O. The van der Waals surface area contributed by atoms with E-state index in [9.17, 15) is 5.11 Å². The lowest BCUT2D eigenvalue weighted by Crippen LogP contribution is -2.15. The zero-order valence-corrected chi connectivity index (χ0v) is 13.2. The van der Waals surface area contributed by atoms with Crippen molar-refractivity contribution in [2.45, 2.75) is 12.6 Å². The fourth-order valence-electron chi connectivity index (χ4n) is 2.78. The molecule has 0 spiro atoms. The number of benzene rings is 2. The van der Waals surface area contributed by atoms with E-state index < -0.39 is 0 Å². The molecule has 1 unspecified atom stereocenters. The van der Waals surface area contributed by atoms with Gasteiger partial charge in [-0.2, -0.15) is 0 Å². The van der Waals surface area contributed by atoms with E-state index >= 15 is 0 Å². The van der Waals surface area contributed by atoms with Crippen LogP contribution in [0.25, 0.3) is 11.4 Å². The van der Waals surface area contributed by atoms with Crippen molar-refractivity contribution in [3.05, 3.63) is 78.1 Å². The van der Waals surface area contributed by atoms with Crippen LogP contribution in [0.2, 0.25) is 0 Å². The van der Waals surface area contributed by atoms with Gasteiger partial charge in [0, 0.05) is 18.3 Å². The van der Waals surface area contributed by atoms with Crippen molar-refractivity contribution in [1.29, 1.82) is 0 Å². The minimum absolute atomic E-state index is 0.0270. The molecule has 1 atom stereocenters. The number of hydrogen-bond donors (Lipinski definition) is 2. The van der Waals surface area contributed by atoms with Crippen LogP contribution in [0.1, 0.15) is 17.3 Å². The van der Waals surface area contributed by atoms with Crippen LogP contribution in [0.4, 0.5) is 0 Å². The molecule has 1 aromatic heterocycles. The maximum Gasteiger partial charge on any atom is 0.140 e. The van der Waals surface area contributed by atoms with Crippen LogP contribution in [0.5, 0.6) is 0 Å². The van der Waals surface area contributed by atoms with Crippen LogP contribution >= 0.6 is 0 Å². The van der Waals surface area contributed by atoms with Gasteiger partial charge in [-0.05, 0) is 12.6 Å². The molecule has 0 saturated heterocycles. The lowest BCUT2D eigenvalue weighted by molar-refractivity contribution is 0.250. The van der Waals surface area contributed by atoms with Crippen LogP contribution in [-0.4, -0.2) is 28.3 Å². The van der Waals surface area contributed by atoms with Gasteiger partial charge in [0.05, 0.1) is 18.3 Å². The Morgan fingerprint density at radius 3 is 2.30 bits per heavy atom. The normalized spacial score (nSPS) is 12.3. The van der Waals surface area contributed by atoms with Crippen molar-refractivity contribution in [2.24, 2.45) is 0 Å². The van der Waals surface area contributed by atoms with Crippen molar-refractivity contribution in [2.75, 3.05) is 13.7 Å². The first-order valence-electron chi connectivity index (χ1n) is 7.77. The lowest BCUT2D eigenvalue weighted by Gasteiger charge is -2.19. The standard InChI is InChI=1S/C19H21N3O/c1-20-12-17-13-22(18(14-23)15-8-4-2-5-9-15)19(21-17)16-10-6-3-7-11-16/h2-11,13,18,20,23H,12,14H2,1H3. The number of imidazole rings is 1. The lowest BCUT2D eigenvalue weighted by atomic mass is 10.1. The highest BCUT2D eigenvalue weighted by atomic mass is 16.3. The highest BCUT2D eigenvalue weighted by Crippen LogP contribution is 2.26. The number of nitrogens with zero attached hydrogens (tertiary/aromatic N) is 2. The third kappa shape index (κ3) is 3.33. The smallest absolute Gasteiger partial charge is 0.140 e. The fraction of sp³-hybridized carbons (Fsp3) is 0.211. The molecule has 4 nitrogen and oxygen atoms in total. The van der Waals surface area contributed by atoms with Crippen molar-refractivity contribution in [3.8, 4) is 11.4 Å². The predicted octanol–water partition coefficient (Wildman–Crippen LogP) is 2.85. The molecule has 3 aromatic rings. The molecule has 0 amide bonds. The van der Waals surface area contributed by atoms with Crippen molar-refractivity contribution in [1.82, 2.24) is 14.9 Å². The second-order valence-corrected chi connectivity index (χ2v) is 5.47. The molecule has 118 valence electrons. The Morgan fingerprint density at radius 1 is 1.04 bits per heavy atom. The van der Waals surface area contributed by atoms with Gasteiger partial charge in [0.1, 0.15) is 5.82 Å². The van der Waals surface area contributed by atoms with Gasteiger partial charge in [-0.1, -0.05) is 60.7 Å². The number of nitrogens with one attached hydrogen (secondary N) is 1. The summed E-state index contributed by atoms with van der Waals surface area (Å²) in [4.78, 5) is 4.75. The van der Waals surface area contributed by atoms with Crippen molar-refractivity contribution < 1.29 is 5.11 Å². The molecule has 2 aromatic carbocycles. The van der Waals surface area contributed by atoms with Gasteiger partial charge in [0.15, 0.2) is 0 Å².